The van der Waals surface area contributed by atoms with Crippen molar-refractivity contribution in [2.24, 2.45) is 5.92 Å². The second kappa shape index (κ2) is 9.74. The highest BCUT2D eigenvalue weighted by atomic mass is 35.5. The van der Waals surface area contributed by atoms with Gasteiger partial charge in [0.1, 0.15) is 5.02 Å². The molecule has 118 valence electrons. The first-order chi connectivity index (χ1) is 10.0. The average Bonchev–Trinajstić information content (AvgIpc) is 2.42. The molecule has 0 aliphatic rings. The number of halogens is 1. The summed E-state index contributed by atoms with van der Waals surface area (Å²) in [5.41, 5.74) is 0.871. The third-order valence-corrected chi connectivity index (χ3v) is 3.74. The minimum atomic E-state index is -0.444. The third-order valence-electron chi connectivity index (χ3n) is 3.42. The molecule has 0 aliphatic carbocycles. The molecule has 0 radical (unpaired) electrons. The molecule has 4 nitrogen and oxygen atoms in total. The summed E-state index contributed by atoms with van der Waals surface area (Å²) < 4.78 is 0. The minimum Gasteiger partial charge on any atom is -0.313 e. The lowest BCUT2D eigenvalue weighted by Crippen LogP contribution is -2.14. The Balaban J connectivity index is 2.18. The summed E-state index contributed by atoms with van der Waals surface area (Å²) in [5.74, 6) is 0.795. The fourth-order valence-corrected chi connectivity index (χ4v) is 2.38. The zero-order chi connectivity index (χ0) is 15.7. The van der Waals surface area contributed by atoms with Crippen LogP contribution in [0.3, 0.4) is 0 Å². The Hall–Kier alpha value is -1.13. The quantitative estimate of drug-likeness (QED) is 0.378. The number of nitrogens with one attached hydrogen (secondary N) is 1. The van der Waals surface area contributed by atoms with Crippen molar-refractivity contribution < 1.29 is 4.92 Å². The second-order valence-electron chi connectivity index (χ2n) is 5.82. The lowest BCUT2D eigenvalue weighted by molar-refractivity contribution is -0.384. The molecule has 0 fully saturated rings. The van der Waals surface area contributed by atoms with Crippen molar-refractivity contribution in [2.45, 2.75) is 52.5 Å². The maximum atomic E-state index is 10.8. The predicted octanol–water partition coefficient (Wildman–Crippen LogP) is 4.94. The van der Waals surface area contributed by atoms with E-state index in [1.807, 2.05) is 6.07 Å². The standard InChI is InChI=1S/C16H25ClN2O2/c1-13(2)7-5-3-4-6-10-18-12-14-8-9-15(17)16(11-14)19(20)21/h8-9,11,13,18H,3-7,10,12H2,1-2H3. The number of nitro groups is 1. The molecule has 0 saturated carbocycles. The number of benzene rings is 1. The molecule has 1 rings (SSSR count). The molecular weight excluding hydrogens is 288 g/mol. The van der Waals surface area contributed by atoms with Gasteiger partial charge in [-0.05, 0) is 30.5 Å². The van der Waals surface area contributed by atoms with Crippen LogP contribution in [0.1, 0.15) is 51.5 Å². The highest BCUT2D eigenvalue weighted by molar-refractivity contribution is 6.32. The van der Waals surface area contributed by atoms with Crippen LogP contribution in [0.5, 0.6) is 0 Å². The molecule has 0 saturated heterocycles. The lowest BCUT2D eigenvalue weighted by Gasteiger charge is -2.06. The van der Waals surface area contributed by atoms with Crippen molar-refractivity contribution >= 4 is 17.3 Å². The van der Waals surface area contributed by atoms with E-state index in [2.05, 4.69) is 19.2 Å². The van der Waals surface area contributed by atoms with Crippen molar-refractivity contribution in [3.8, 4) is 0 Å². The van der Waals surface area contributed by atoms with Crippen LogP contribution in [0, 0.1) is 16.0 Å². The minimum absolute atomic E-state index is 0.0235. The number of unbranched alkanes of at least 4 members (excludes halogenated alkanes) is 3. The van der Waals surface area contributed by atoms with Crippen LogP contribution in [0.4, 0.5) is 5.69 Å². The Morgan fingerprint density at radius 3 is 2.62 bits per heavy atom. The molecule has 0 atom stereocenters. The van der Waals surface area contributed by atoms with Gasteiger partial charge in [-0.1, -0.05) is 57.2 Å². The predicted molar refractivity (Wildman–Crippen MR) is 87.7 cm³/mol. The van der Waals surface area contributed by atoms with Gasteiger partial charge in [-0.2, -0.15) is 0 Å². The topological polar surface area (TPSA) is 55.2 Å². The van der Waals surface area contributed by atoms with E-state index in [1.54, 1.807) is 6.07 Å². The molecule has 0 amide bonds. The fourth-order valence-electron chi connectivity index (χ4n) is 2.20. The summed E-state index contributed by atoms with van der Waals surface area (Å²) in [6.07, 6.45) is 6.28. The van der Waals surface area contributed by atoms with Gasteiger partial charge in [-0.3, -0.25) is 10.1 Å². The van der Waals surface area contributed by atoms with E-state index in [1.165, 1.54) is 31.7 Å². The zero-order valence-corrected chi connectivity index (χ0v) is 13.7. The Morgan fingerprint density at radius 2 is 1.95 bits per heavy atom. The Kier molecular flexibility index (Phi) is 8.31. The number of rotatable bonds is 10. The van der Waals surface area contributed by atoms with E-state index in [0.717, 1.165) is 24.4 Å². The Bertz CT molecular complexity index is 450. The molecule has 0 heterocycles. The van der Waals surface area contributed by atoms with Crippen LogP contribution < -0.4 is 5.32 Å². The molecule has 0 aliphatic heterocycles. The summed E-state index contributed by atoms with van der Waals surface area (Å²) in [7, 11) is 0. The van der Waals surface area contributed by atoms with Gasteiger partial charge in [0.2, 0.25) is 0 Å². The Labute approximate surface area is 132 Å². The SMILES string of the molecule is CC(C)CCCCCCNCc1ccc(Cl)c([N+](=O)[O-])c1. The van der Waals surface area contributed by atoms with Crippen LogP contribution in [-0.2, 0) is 6.54 Å². The van der Waals surface area contributed by atoms with Crippen LogP contribution >= 0.6 is 11.6 Å². The smallest absolute Gasteiger partial charge is 0.288 e. The maximum Gasteiger partial charge on any atom is 0.288 e. The zero-order valence-electron chi connectivity index (χ0n) is 12.9. The monoisotopic (exact) mass is 312 g/mol. The van der Waals surface area contributed by atoms with E-state index >= 15 is 0 Å². The van der Waals surface area contributed by atoms with Crippen LogP contribution in [0.25, 0.3) is 0 Å². The average molecular weight is 313 g/mol. The van der Waals surface area contributed by atoms with Crippen molar-refractivity contribution in [3.63, 3.8) is 0 Å². The van der Waals surface area contributed by atoms with Crippen molar-refractivity contribution in [1.29, 1.82) is 0 Å². The summed E-state index contributed by atoms with van der Waals surface area (Å²) in [5, 5.41) is 14.3. The van der Waals surface area contributed by atoms with Gasteiger partial charge >= 0.3 is 0 Å². The van der Waals surface area contributed by atoms with E-state index in [0.29, 0.717) is 6.54 Å². The molecule has 1 aromatic carbocycles. The Morgan fingerprint density at radius 1 is 1.24 bits per heavy atom. The van der Waals surface area contributed by atoms with Gasteiger partial charge in [0.15, 0.2) is 0 Å². The van der Waals surface area contributed by atoms with Gasteiger partial charge in [-0.25, -0.2) is 0 Å². The molecular formula is C16H25ClN2O2. The number of hydrogen-bond donors (Lipinski definition) is 1. The van der Waals surface area contributed by atoms with Gasteiger partial charge < -0.3 is 5.32 Å². The van der Waals surface area contributed by atoms with Gasteiger partial charge in [0.05, 0.1) is 4.92 Å². The van der Waals surface area contributed by atoms with Crippen LogP contribution in [0.2, 0.25) is 5.02 Å². The first kappa shape index (κ1) is 17.9. The van der Waals surface area contributed by atoms with Crippen LogP contribution in [-0.4, -0.2) is 11.5 Å². The molecule has 0 unspecified atom stereocenters. The van der Waals surface area contributed by atoms with Crippen molar-refractivity contribution in [2.75, 3.05) is 6.54 Å². The normalized spacial score (nSPS) is 11.0. The van der Waals surface area contributed by atoms with E-state index < -0.39 is 4.92 Å². The van der Waals surface area contributed by atoms with Gasteiger partial charge in [0, 0.05) is 12.6 Å². The number of hydrogen-bond acceptors (Lipinski definition) is 3. The number of nitro benzene ring substituents is 1. The summed E-state index contributed by atoms with van der Waals surface area (Å²) in [6.45, 7) is 6.10. The summed E-state index contributed by atoms with van der Waals surface area (Å²) in [4.78, 5) is 10.4. The van der Waals surface area contributed by atoms with Crippen molar-refractivity contribution in [3.05, 3.63) is 38.9 Å². The molecule has 1 aromatic rings. The lowest BCUT2D eigenvalue weighted by atomic mass is 10.0. The highest BCUT2D eigenvalue weighted by Gasteiger charge is 2.12. The second-order valence-corrected chi connectivity index (χ2v) is 6.22. The summed E-state index contributed by atoms with van der Waals surface area (Å²) >= 11 is 5.78. The summed E-state index contributed by atoms with van der Waals surface area (Å²) in [6, 6.07) is 4.95. The molecule has 21 heavy (non-hydrogen) atoms. The fraction of sp³-hybridized carbons (Fsp3) is 0.625. The highest BCUT2D eigenvalue weighted by Crippen LogP contribution is 2.24. The number of nitrogens with zero attached hydrogens (tertiary/aromatic N) is 1. The van der Waals surface area contributed by atoms with Crippen molar-refractivity contribution in [1.82, 2.24) is 5.32 Å². The largest absolute Gasteiger partial charge is 0.313 e. The molecule has 1 N–H and O–H groups in total. The third kappa shape index (κ3) is 7.44. The first-order valence-corrected chi connectivity index (χ1v) is 8.02. The molecule has 5 heteroatoms. The van der Waals surface area contributed by atoms with Gasteiger partial charge in [-0.15, -0.1) is 0 Å². The van der Waals surface area contributed by atoms with E-state index in [-0.39, 0.29) is 10.7 Å². The molecule has 0 bridgehead atoms. The van der Waals surface area contributed by atoms with Crippen LogP contribution in [0.15, 0.2) is 18.2 Å². The van der Waals surface area contributed by atoms with E-state index in [4.69, 9.17) is 11.6 Å². The van der Waals surface area contributed by atoms with Gasteiger partial charge in [0.25, 0.3) is 5.69 Å². The maximum absolute atomic E-state index is 10.8. The molecule has 0 spiro atoms. The van der Waals surface area contributed by atoms with E-state index in [9.17, 15) is 10.1 Å². The first-order valence-electron chi connectivity index (χ1n) is 7.64. The molecule has 0 aromatic heterocycles.